The van der Waals surface area contributed by atoms with Gasteiger partial charge in [0.1, 0.15) is 12.1 Å². The smallest absolute Gasteiger partial charge is 0.246 e. The van der Waals surface area contributed by atoms with Crippen LogP contribution in [-0.2, 0) is 36.0 Å². The van der Waals surface area contributed by atoms with E-state index in [0.717, 1.165) is 42.9 Å². The van der Waals surface area contributed by atoms with Gasteiger partial charge in [-0.25, -0.2) is 4.98 Å². The Labute approximate surface area is 212 Å². The third-order valence-corrected chi connectivity index (χ3v) is 7.88. The zero-order valence-corrected chi connectivity index (χ0v) is 21.3. The Balaban J connectivity index is 1.37. The van der Waals surface area contributed by atoms with Gasteiger partial charge in [-0.1, -0.05) is 63.1 Å². The highest BCUT2D eigenvalue weighted by Gasteiger charge is 2.46. The molecule has 2 atom stereocenters. The zero-order valence-electron chi connectivity index (χ0n) is 21.3. The van der Waals surface area contributed by atoms with Crippen molar-refractivity contribution in [2.45, 2.75) is 58.2 Å². The van der Waals surface area contributed by atoms with E-state index in [0.29, 0.717) is 6.54 Å². The molecule has 0 bridgehead atoms. The molecule has 7 nitrogen and oxygen atoms in total. The van der Waals surface area contributed by atoms with Crippen molar-refractivity contribution in [3.05, 3.63) is 77.6 Å². The van der Waals surface area contributed by atoms with E-state index in [1.165, 1.54) is 11.1 Å². The number of piperazine rings is 1. The molecule has 7 heteroatoms. The van der Waals surface area contributed by atoms with Crippen molar-refractivity contribution in [2.75, 3.05) is 5.32 Å². The van der Waals surface area contributed by atoms with E-state index in [1.807, 2.05) is 59.1 Å². The summed E-state index contributed by atoms with van der Waals surface area (Å²) in [4.78, 5) is 33.6. The number of benzene rings is 2. The molecule has 2 N–H and O–H groups in total. The quantitative estimate of drug-likeness (QED) is 0.501. The number of aryl methyl sites for hydroxylation is 1. The Morgan fingerprint density at radius 1 is 1.03 bits per heavy atom. The van der Waals surface area contributed by atoms with Crippen molar-refractivity contribution in [3.63, 3.8) is 0 Å². The SMILES string of the molecule is CCC(CC)[C@@H]1C(=O)N[C@H](C2Cc3ccccc3C2)C(=O)N1Cc1ccc(Nc2nccn2C)cc1. The maximum atomic E-state index is 14.0. The lowest BCUT2D eigenvalue weighted by atomic mass is 9.86. The number of imidazole rings is 1. The molecule has 2 amide bonds. The van der Waals surface area contributed by atoms with Crippen LogP contribution in [0, 0.1) is 11.8 Å². The Morgan fingerprint density at radius 3 is 2.28 bits per heavy atom. The third-order valence-electron chi connectivity index (χ3n) is 7.88. The van der Waals surface area contributed by atoms with E-state index in [4.69, 9.17) is 0 Å². The maximum Gasteiger partial charge on any atom is 0.246 e. The van der Waals surface area contributed by atoms with Crippen LogP contribution in [0.15, 0.2) is 60.9 Å². The lowest BCUT2D eigenvalue weighted by Crippen LogP contribution is -2.66. The van der Waals surface area contributed by atoms with Gasteiger partial charge in [0.05, 0.1) is 0 Å². The number of anilines is 2. The summed E-state index contributed by atoms with van der Waals surface area (Å²) in [5, 5.41) is 6.45. The highest BCUT2D eigenvalue weighted by atomic mass is 16.2. The van der Waals surface area contributed by atoms with Gasteiger partial charge in [-0.15, -0.1) is 0 Å². The van der Waals surface area contributed by atoms with Gasteiger partial charge in [0, 0.05) is 31.7 Å². The minimum Gasteiger partial charge on any atom is -0.342 e. The summed E-state index contributed by atoms with van der Waals surface area (Å²) in [6.45, 7) is 4.62. The molecule has 2 aromatic carbocycles. The fourth-order valence-corrected chi connectivity index (χ4v) is 5.79. The largest absolute Gasteiger partial charge is 0.342 e. The first-order chi connectivity index (χ1) is 17.5. The number of fused-ring (bicyclic) bond motifs is 1. The summed E-state index contributed by atoms with van der Waals surface area (Å²) >= 11 is 0. The molecule has 1 aromatic heterocycles. The molecular formula is C29H35N5O2. The lowest BCUT2D eigenvalue weighted by molar-refractivity contribution is -0.154. The van der Waals surface area contributed by atoms with E-state index >= 15 is 0 Å². The van der Waals surface area contributed by atoms with Crippen molar-refractivity contribution in [2.24, 2.45) is 18.9 Å². The third kappa shape index (κ3) is 4.62. The Kier molecular flexibility index (Phi) is 6.81. The van der Waals surface area contributed by atoms with Crippen LogP contribution in [0.3, 0.4) is 0 Å². The first kappa shape index (κ1) is 24.1. The van der Waals surface area contributed by atoms with Crippen molar-refractivity contribution in [1.29, 1.82) is 0 Å². The molecule has 2 heterocycles. The number of rotatable bonds is 8. The standard InChI is InChI=1S/C29H35N5O2/c1-4-20(5-2)26-27(35)32-25(23-16-21-8-6-7-9-22(21)17-23)28(36)34(26)18-19-10-12-24(13-11-19)31-29-30-14-15-33(29)3/h6-15,20,23,25-26H,4-5,16-18H2,1-3H3,(H,30,31)(H,32,35)/t25-,26-/m1/s1. The van der Waals surface area contributed by atoms with E-state index in [2.05, 4.69) is 41.6 Å². The van der Waals surface area contributed by atoms with E-state index in [-0.39, 0.29) is 23.7 Å². The molecule has 1 aliphatic carbocycles. The maximum absolute atomic E-state index is 14.0. The van der Waals surface area contributed by atoms with Crippen molar-refractivity contribution >= 4 is 23.5 Å². The Morgan fingerprint density at radius 2 is 1.69 bits per heavy atom. The first-order valence-electron chi connectivity index (χ1n) is 13.0. The summed E-state index contributed by atoms with van der Waals surface area (Å²) in [7, 11) is 1.94. The van der Waals surface area contributed by atoms with Crippen molar-refractivity contribution < 1.29 is 9.59 Å². The molecule has 1 fully saturated rings. The molecule has 1 aliphatic heterocycles. The van der Waals surface area contributed by atoms with Crippen LogP contribution >= 0.6 is 0 Å². The second-order valence-corrected chi connectivity index (χ2v) is 10.1. The van der Waals surface area contributed by atoms with E-state index in [9.17, 15) is 9.59 Å². The molecule has 0 saturated carbocycles. The summed E-state index contributed by atoms with van der Waals surface area (Å²) in [6.07, 6.45) is 6.99. The number of carbonyl (C=O) groups is 2. The second-order valence-electron chi connectivity index (χ2n) is 10.1. The molecule has 36 heavy (non-hydrogen) atoms. The molecule has 3 aromatic rings. The van der Waals surface area contributed by atoms with E-state index < -0.39 is 12.1 Å². The summed E-state index contributed by atoms with van der Waals surface area (Å²) < 4.78 is 1.92. The lowest BCUT2D eigenvalue weighted by Gasteiger charge is -2.43. The van der Waals surface area contributed by atoms with Gasteiger partial charge in [-0.3, -0.25) is 9.59 Å². The highest BCUT2D eigenvalue weighted by Crippen LogP contribution is 2.33. The predicted molar refractivity (Wildman–Crippen MR) is 141 cm³/mol. The van der Waals surface area contributed by atoms with Gasteiger partial charge in [-0.2, -0.15) is 0 Å². The molecule has 0 unspecified atom stereocenters. The summed E-state index contributed by atoms with van der Waals surface area (Å²) in [5.41, 5.74) is 4.50. The minimum absolute atomic E-state index is 0.0164. The Hall–Kier alpha value is -3.61. The molecule has 188 valence electrons. The molecule has 0 radical (unpaired) electrons. The predicted octanol–water partition coefficient (Wildman–Crippen LogP) is 4.21. The van der Waals surface area contributed by atoms with Gasteiger partial charge in [0.2, 0.25) is 17.8 Å². The van der Waals surface area contributed by atoms with Gasteiger partial charge in [0.25, 0.3) is 0 Å². The molecule has 1 saturated heterocycles. The average molecular weight is 486 g/mol. The normalized spacial score (nSPS) is 20.1. The van der Waals surface area contributed by atoms with Gasteiger partial charge in [-0.05, 0) is 53.5 Å². The van der Waals surface area contributed by atoms with Crippen LogP contribution in [0.1, 0.15) is 43.4 Å². The monoisotopic (exact) mass is 485 g/mol. The second kappa shape index (κ2) is 10.2. The van der Waals surface area contributed by atoms with Crippen molar-refractivity contribution in [3.8, 4) is 0 Å². The molecule has 5 rings (SSSR count). The van der Waals surface area contributed by atoms with Gasteiger partial charge < -0.3 is 20.1 Å². The summed E-state index contributed by atoms with van der Waals surface area (Å²) in [5.74, 6) is 1.00. The zero-order chi connectivity index (χ0) is 25.2. The number of hydrogen-bond acceptors (Lipinski definition) is 4. The fraction of sp³-hybridized carbons (Fsp3) is 0.414. The first-order valence-corrected chi connectivity index (χ1v) is 13.0. The van der Waals surface area contributed by atoms with Crippen LogP contribution in [0.5, 0.6) is 0 Å². The summed E-state index contributed by atoms with van der Waals surface area (Å²) in [6, 6.07) is 15.5. The van der Waals surface area contributed by atoms with Crippen LogP contribution < -0.4 is 10.6 Å². The highest BCUT2D eigenvalue weighted by molar-refractivity contribution is 5.97. The number of nitrogens with one attached hydrogen (secondary N) is 2. The minimum atomic E-state index is -0.486. The van der Waals surface area contributed by atoms with Gasteiger partial charge >= 0.3 is 0 Å². The van der Waals surface area contributed by atoms with Crippen LogP contribution in [0.25, 0.3) is 0 Å². The average Bonchev–Trinajstić information content (AvgIpc) is 3.50. The molecular weight excluding hydrogens is 450 g/mol. The number of carbonyl (C=O) groups excluding carboxylic acids is 2. The number of hydrogen-bond donors (Lipinski definition) is 2. The van der Waals surface area contributed by atoms with Gasteiger partial charge in [0.15, 0.2) is 0 Å². The van der Waals surface area contributed by atoms with Crippen LogP contribution in [0.2, 0.25) is 0 Å². The number of aromatic nitrogens is 2. The van der Waals surface area contributed by atoms with Crippen LogP contribution in [0.4, 0.5) is 11.6 Å². The van der Waals surface area contributed by atoms with Crippen LogP contribution in [-0.4, -0.2) is 38.3 Å². The van der Waals surface area contributed by atoms with Crippen molar-refractivity contribution in [1.82, 2.24) is 19.8 Å². The fourth-order valence-electron chi connectivity index (χ4n) is 5.79. The van der Waals surface area contributed by atoms with E-state index in [1.54, 1.807) is 6.20 Å². The number of nitrogens with zero attached hydrogens (tertiary/aromatic N) is 3. The number of amides is 2. The Bertz CT molecular complexity index is 1210. The molecule has 0 spiro atoms. The topological polar surface area (TPSA) is 79.3 Å². The molecule has 2 aliphatic rings.